The van der Waals surface area contributed by atoms with Crippen LogP contribution in [0.2, 0.25) is 15.1 Å². The summed E-state index contributed by atoms with van der Waals surface area (Å²) in [5.41, 5.74) is 0.620. The molecule has 2 aromatic rings. The zero-order valence-electron chi connectivity index (χ0n) is 12.7. The molecule has 0 N–H and O–H groups in total. The fraction of sp³-hybridized carbons (Fsp3) is 0.188. The molecule has 8 heteroatoms. The summed E-state index contributed by atoms with van der Waals surface area (Å²) < 4.78 is 10.1. The van der Waals surface area contributed by atoms with Gasteiger partial charge in [0, 0.05) is 5.02 Å². The monoisotopic (exact) mass is 387 g/mol. The molecule has 0 amide bonds. The Morgan fingerprint density at radius 1 is 1.08 bits per heavy atom. The van der Waals surface area contributed by atoms with Gasteiger partial charge in [-0.2, -0.15) is 0 Å². The molecule has 0 aliphatic heterocycles. The molecule has 1 heterocycles. The molecule has 0 bridgehead atoms. The number of hydrogen-bond donors (Lipinski definition) is 0. The zero-order chi connectivity index (χ0) is 17.9. The average molecular weight is 389 g/mol. The number of pyridine rings is 1. The van der Waals surface area contributed by atoms with Crippen LogP contribution in [0, 0.1) is 6.92 Å². The predicted molar refractivity (Wildman–Crippen MR) is 91.4 cm³/mol. The van der Waals surface area contributed by atoms with Gasteiger partial charge in [-0.25, -0.2) is 14.6 Å². The van der Waals surface area contributed by atoms with Crippen LogP contribution in [0.4, 0.5) is 0 Å². The topological polar surface area (TPSA) is 65.5 Å². The largest absolute Gasteiger partial charge is 0.462 e. The van der Waals surface area contributed by atoms with Crippen LogP contribution in [0.5, 0.6) is 5.75 Å². The van der Waals surface area contributed by atoms with Gasteiger partial charge in [0.05, 0.1) is 27.9 Å². The Morgan fingerprint density at radius 2 is 1.71 bits per heavy atom. The van der Waals surface area contributed by atoms with Crippen LogP contribution < -0.4 is 4.74 Å². The Bertz CT molecular complexity index is 785. The maximum atomic E-state index is 12.2. The minimum Gasteiger partial charge on any atom is -0.462 e. The highest BCUT2D eigenvalue weighted by molar-refractivity contribution is 6.40. The van der Waals surface area contributed by atoms with E-state index in [1.807, 2.05) is 0 Å². The molecule has 1 aromatic heterocycles. The lowest BCUT2D eigenvalue weighted by molar-refractivity contribution is 0.0523. The fourth-order valence-electron chi connectivity index (χ4n) is 1.87. The van der Waals surface area contributed by atoms with E-state index in [0.29, 0.717) is 10.7 Å². The molecule has 0 fully saturated rings. The van der Waals surface area contributed by atoms with E-state index in [1.54, 1.807) is 13.8 Å². The Hall–Kier alpha value is -1.82. The van der Waals surface area contributed by atoms with Crippen LogP contribution in [0.3, 0.4) is 0 Å². The van der Waals surface area contributed by atoms with Crippen LogP contribution in [-0.2, 0) is 4.74 Å². The van der Waals surface area contributed by atoms with Crippen molar-refractivity contribution in [2.45, 2.75) is 13.8 Å². The number of esters is 2. The third-order valence-corrected chi connectivity index (χ3v) is 3.73. The lowest BCUT2D eigenvalue weighted by Gasteiger charge is -2.10. The summed E-state index contributed by atoms with van der Waals surface area (Å²) in [6.45, 7) is 3.53. The summed E-state index contributed by atoms with van der Waals surface area (Å²) in [5, 5.41) is 0.513. The van der Waals surface area contributed by atoms with Crippen LogP contribution in [-0.4, -0.2) is 23.5 Å². The van der Waals surface area contributed by atoms with Gasteiger partial charge in [-0.15, -0.1) is 0 Å². The van der Waals surface area contributed by atoms with Crippen LogP contribution in [0.25, 0.3) is 0 Å². The molecular formula is C16H12Cl3NO4. The molecule has 0 unspecified atom stereocenters. The van der Waals surface area contributed by atoms with Crippen molar-refractivity contribution < 1.29 is 19.1 Å². The number of aryl methyl sites for hydroxylation is 1. The Balaban J connectivity index is 2.25. The van der Waals surface area contributed by atoms with Gasteiger partial charge in [0.2, 0.25) is 0 Å². The molecule has 5 nitrogen and oxygen atoms in total. The highest BCUT2D eigenvalue weighted by Crippen LogP contribution is 2.36. The van der Waals surface area contributed by atoms with E-state index in [2.05, 4.69) is 4.98 Å². The first-order valence-electron chi connectivity index (χ1n) is 6.85. The summed E-state index contributed by atoms with van der Waals surface area (Å²) in [6.07, 6.45) is 0. The average Bonchev–Trinajstić information content (AvgIpc) is 2.50. The van der Waals surface area contributed by atoms with E-state index in [1.165, 1.54) is 24.3 Å². The number of carbonyl (C=O) groups is 2. The Labute approximate surface area is 153 Å². The molecule has 0 saturated carbocycles. The van der Waals surface area contributed by atoms with Crippen molar-refractivity contribution in [3.63, 3.8) is 0 Å². The quantitative estimate of drug-likeness (QED) is 0.559. The molecule has 0 atom stereocenters. The first-order valence-corrected chi connectivity index (χ1v) is 7.98. The predicted octanol–water partition coefficient (Wildman–Crippen LogP) is 4.75. The molecule has 0 radical (unpaired) electrons. The number of aromatic nitrogens is 1. The van der Waals surface area contributed by atoms with Crippen LogP contribution in [0.15, 0.2) is 24.3 Å². The van der Waals surface area contributed by atoms with Crippen molar-refractivity contribution in [1.82, 2.24) is 4.98 Å². The molecule has 0 aliphatic rings. The number of hydrogen-bond acceptors (Lipinski definition) is 5. The third kappa shape index (κ3) is 4.17. The summed E-state index contributed by atoms with van der Waals surface area (Å²) in [6, 6.07) is 5.61. The van der Waals surface area contributed by atoms with Gasteiger partial charge in [0.1, 0.15) is 5.69 Å². The normalized spacial score (nSPS) is 10.4. The number of benzene rings is 1. The fourth-order valence-corrected chi connectivity index (χ4v) is 2.76. The smallest absolute Gasteiger partial charge is 0.362 e. The van der Waals surface area contributed by atoms with Gasteiger partial charge >= 0.3 is 11.9 Å². The highest BCUT2D eigenvalue weighted by Gasteiger charge is 2.19. The maximum Gasteiger partial charge on any atom is 0.362 e. The maximum absolute atomic E-state index is 12.2. The van der Waals surface area contributed by atoms with Crippen molar-refractivity contribution in [3.05, 3.63) is 56.3 Å². The Kier molecular flexibility index (Phi) is 6.04. The van der Waals surface area contributed by atoms with E-state index in [-0.39, 0.29) is 33.7 Å². The second kappa shape index (κ2) is 7.83. The molecule has 0 spiro atoms. The summed E-state index contributed by atoms with van der Waals surface area (Å²) >= 11 is 17.7. The van der Waals surface area contributed by atoms with E-state index in [9.17, 15) is 9.59 Å². The lowest BCUT2D eigenvalue weighted by Crippen LogP contribution is -2.14. The molecule has 126 valence electrons. The van der Waals surface area contributed by atoms with Gasteiger partial charge in [-0.1, -0.05) is 34.8 Å². The van der Waals surface area contributed by atoms with Gasteiger partial charge in [0.25, 0.3) is 0 Å². The molecule has 24 heavy (non-hydrogen) atoms. The third-order valence-electron chi connectivity index (χ3n) is 2.95. The van der Waals surface area contributed by atoms with Gasteiger partial charge < -0.3 is 9.47 Å². The van der Waals surface area contributed by atoms with E-state index in [0.717, 1.165) is 0 Å². The molecule has 1 aromatic carbocycles. The van der Waals surface area contributed by atoms with Gasteiger partial charge in [0.15, 0.2) is 5.75 Å². The van der Waals surface area contributed by atoms with Gasteiger partial charge in [-0.05, 0) is 38.1 Å². The summed E-state index contributed by atoms with van der Waals surface area (Å²) in [4.78, 5) is 28.0. The molecular weight excluding hydrogens is 377 g/mol. The second-order valence-corrected chi connectivity index (χ2v) is 5.89. The standard InChI is InChI=1S/C16H12Cl3NO4/c1-3-23-15(21)10-4-5-13(20-8(10)2)16(22)24-14-11(18)6-9(17)7-12(14)19/h4-7H,3H2,1-2H3. The molecule has 2 rings (SSSR count). The van der Waals surface area contributed by atoms with E-state index in [4.69, 9.17) is 44.3 Å². The van der Waals surface area contributed by atoms with Crippen LogP contribution in [0.1, 0.15) is 33.5 Å². The molecule has 0 saturated heterocycles. The second-order valence-electron chi connectivity index (χ2n) is 4.64. The minimum absolute atomic E-state index is 0.00244. The van der Waals surface area contributed by atoms with E-state index < -0.39 is 11.9 Å². The van der Waals surface area contributed by atoms with E-state index >= 15 is 0 Å². The summed E-state index contributed by atoms with van der Waals surface area (Å²) in [5.74, 6) is -1.28. The number of ether oxygens (including phenoxy) is 2. The zero-order valence-corrected chi connectivity index (χ0v) is 15.0. The first kappa shape index (κ1) is 18.5. The van der Waals surface area contributed by atoms with Crippen molar-refractivity contribution >= 4 is 46.7 Å². The highest BCUT2D eigenvalue weighted by atomic mass is 35.5. The van der Waals surface area contributed by atoms with Crippen molar-refractivity contribution in [2.75, 3.05) is 6.61 Å². The van der Waals surface area contributed by atoms with Gasteiger partial charge in [-0.3, -0.25) is 0 Å². The number of halogens is 3. The minimum atomic E-state index is -0.764. The van der Waals surface area contributed by atoms with Crippen molar-refractivity contribution in [1.29, 1.82) is 0 Å². The Morgan fingerprint density at radius 3 is 2.25 bits per heavy atom. The van der Waals surface area contributed by atoms with Crippen molar-refractivity contribution in [3.8, 4) is 5.75 Å². The lowest BCUT2D eigenvalue weighted by atomic mass is 10.2. The number of nitrogens with zero attached hydrogens (tertiary/aromatic N) is 1. The summed E-state index contributed by atoms with van der Waals surface area (Å²) in [7, 11) is 0. The number of rotatable bonds is 4. The van der Waals surface area contributed by atoms with Crippen molar-refractivity contribution in [2.24, 2.45) is 0 Å². The molecule has 0 aliphatic carbocycles. The SMILES string of the molecule is CCOC(=O)c1ccc(C(=O)Oc2c(Cl)cc(Cl)cc2Cl)nc1C. The van der Waals surface area contributed by atoms with Crippen LogP contribution >= 0.6 is 34.8 Å². The number of carbonyl (C=O) groups excluding carboxylic acids is 2. The first-order chi connectivity index (χ1) is 11.3.